The number of para-hydroxylation sites is 1. The standard InChI is InChI=1S/C20H31N3O/c1-3-22(4-2)20(24)13-9-6-10-14-21-15-17-23(18-16-21)19-11-7-5-8-12-19/h5-8,10-12H,3-4,9,13-18H2,1-2H3/b10-6+. The van der Waals surface area contributed by atoms with Gasteiger partial charge in [0, 0.05) is 57.9 Å². The van der Waals surface area contributed by atoms with Crippen molar-refractivity contribution in [1.29, 1.82) is 0 Å². The number of anilines is 1. The van der Waals surface area contributed by atoms with Crippen LogP contribution in [0.1, 0.15) is 26.7 Å². The highest BCUT2D eigenvalue weighted by molar-refractivity contribution is 5.76. The van der Waals surface area contributed by atoms with Crippen molar-refractivity contribution in [3.63, 3.8) is 0 Å². The Morgan fingerprint density at radius 2 is 1.71 bits per heavy atom. The van der Waals surface area contributed by atoms with Crippen LogP contribution < -0.4 is 4.90 Å². The van der Waals surface area contributed by atoms with Crippen molar-refractivity contribution in [2.45, 2.75) is 26.7 Å². The van der Waals surface area contributed by atoms with Gasteiger partial charge >= 0.3 is 0 Å². The fraction of sp³-hybridized carbons (Fsp3) is 0.550. The molecule has 1 amide bonds. The van der Waals surface area contributed by atoms with Gasteiger partial charge in [0.05, 0.1) is 0 Å². The van der Waals surface area contributed by atoms with Crippen molar-refractivity contribution < 1.29 is 4.79 Å². The second kappa shape index (κ2) is 10.1. The number of benzene rings is 1. The van der Waals surface area contributed by atoms with Gasteiger partial charge in [0.1, 0.15) is 0 Å². The first kappa shape index (κ1) is 18.5. The third-order valence-electron chi connectivity index (χ3n) is 4.66. The molecule has 0 atom stereocenters. The molecule has 1 aliphatic heterocycles. The summed E-state index contributed by atoms with van der Waals surface area (Å²) in [6.07, 6.45) is 5.85. The molecule has 0 unspecified atom stereocenters. The molecule has 0 N–H and O–H groups in total. The van der Waals surface area contributed by atoms with Crippen molar-refractivity contribution in [3.8, 4) is 0 Å². The van der Waals surface area contributed by atoms with Gasteiger partial charge in [-0.1, -0.05) is 30.4 Å². The van der Waals surface area contributed by atoms with E-state index in [1.165, 1.54) is 5.69 Å². The first-order valence-corrected chi connectivity index (χ1v) is 9.19. The first-order valence-electron chi connectivity index (χ1n) is 9.19. The number of piperazine rings is 1. The quantitative estimate of drug-likeness (QED) is 0.686. The summed E-state index contributed by atoms with van der Waals surface area (Å²) in [4.78, 5) is 18.7. The zero-order chi connectivity index (χ0) is 17.2. The predicted molar refractivity (Wildman–Crippen MR) is 101 cm³/mol. The fourth-order valence-electron chi connectivity index (χ4n) is 3.11. The Balaban J connectivity index is 1.63. The van der Waals surface area contributed by atoms with Crippen LogP contribution in [0.2, 0.25) is 0 Å². The van der Waals surface area contributed by atoms with Crippen molar-refractivity contribution in [2.24, 2.45) is 0 Å². The Morgan fingerprint density at radius 1 is 1.04 bits per heavy atom. The highest BCUT2D eigenvalue weighted by Crippen LogP contribution is 2.15. The van der Waals surface area contributed by atoms with Crippen LogP contribution >= 0.6 is 0 Å². The van der Waals surface area contributed by atoms with E-state index < -0.39 is 0 Å². The zero-order valence-corrected chi connectivity index (χ0v) is 15.2. The minimum absolute atomic E-state index is 0.265. The van der Waals surface area contributed by atoms with E-state index in [-0.39, 0.29) is 5.91 Å². The Bertz CT molecular complexity index is 503. The van der Waals surface area contributed by atoms with Gasteiger partial charge in [-0.25, -0.2) is 0 Å². The molecule has 0 saturated carbocycles. The molecule has 4 nitrogen and oxygen atoms in total. The lowest BCUT2D eigenvalue weighted by Crippen LogP contribution is -2.46. The lowest BCUT2D eigenvalue weighted by Gasteiger charge is -2.35. The Morgan fingerprint density at radius 3 is 2.33 bits per heavy atom. The van der Waals surface area contributed by atoms with E-state index in [0.717, 1.165) is 52.2 Å². The molecule has 1 saturated heterocycles. The summed E-state index contributed by atoms with van der Waals surface area (Å²) in [5.74, 6) is 0.265. The van der Waals surface area contributed by atoms with Gasteiger partial charge in [0.25, 0.3) is 0 Å². The molecule has 0 bridgehead atoms. The van der Waals surface area contributed by atoms with E-state index in [9.17, 15) is 4.79 Å². The molecule has 4 heteroatoms. The highest BCUT2D eigenvalue weighted by Gasteiger charge is 2.15. The van der Waals surface area contributed by atoms with Crippen molar-refractivity contribution in [1.82, 2.24) is 9.80 Å². The summed E-state index contributed by atoms with van der Waals surface area (Å²) >= 11 is 0. The summed E-state index contributed by atoms with van der Waals surface area (Å²) < 4.78 is 0. The van der Waals surface area contributed by atoms with E-state index in [1.54, 1.807) is 0 Å². The summed E-state index contributed by atoms with van der Waals surface area (Å²) in [6.45, 7) is 11.0. The summed E-state index contributed by atoms with van der Waals surface area (Å²) in [6, 6.07) is 10.6. The molecule has 0 aromatic heterocycles. The lowest BCUT2D eigenvalue weighted by atomic mass is 10.2. The number of amides is 1. The van der Waals surface area contributed by atoms with Crippen LogP contribution in [0.25, 0.3) is 0 Å². The monoisotopic (exact) mass is 329 g/mol. The Hall–Kier alpha value is -1.81. The third-order valence-corrected chi connectivity index (χ3v) is 4.66. The van der Waals surface area contributed by atoms with Gasteiger partial charge in [0.15, 0.2) is 0 Å². The molecular formula is C20H31N3O. The van der Waals surface area contributed by atoms with Gasteiger partial charge in [-0.15, -0.1) is 0 Å². The van der Waals surface area contributed by atoms with E-state index >= 15 is 0 Å². The van der Waals surface area contributed by atoms with E-state index in [1.807, 2.05) is 18.7 Å². The fourth-order valence-corrected chi connectivity index (χ4v) is 3.11. The zero-order valence-electron chi connectivity index (χ0n) is 15.2. The summed E-state index contributed by atoms with van der Waals surface area (Å²) in [5.41, 5.74) is 1.32. The van der Waals surface area contributed by atoms with Crippen LogP contribution in [-0.4, -0.2) is 61.5 Å². The normalized spacial score (nSPS) is 15.8. The Labute approximate surface area is 146 Å². The van der Waals surface area contributed by atoms with Crippen molar-refractivity contribution in [2.75, 3.05) is 50.7 Å². The van der Waals surface area contributed by atoms with Crippen molar-refractivity contribution >= 4 is 11.6 Å². The molecule has 1 aromatic carbocycles. The largest absolute Gasteiger partial charge is 0.369 e. The van der Waals surface area contributed by atoms with Crippen LogP contribution in [0.5, 0.6) is 0 Å². The van der Waals surface area contributed by atoms with Gasteiger partial charge in [-0.2, -0.15) is 0 Å². The minimum Gasteiger partial charge on any atom is -0.369 e. The maximum absolute atomic E-state index is 11.9. The lowest BCUT2D eigenvalue weighted by molar-refractivity contribution is -0.130. The van der Waals surface area contributed by atoms with E-state index in [4.69, 9.17) is 0 Å². The first-order chi connectivity index (χ1) is 11.7. The Kier molecular flexibility index (Phi) is 7.83. The molecular weight excluding hydrogens is 298 g/mol. The number of nitrogens with zero attached hydrogens (tertiary/aromatic N) is 3. The van der Waals surface area contributed by atoms with Crippen LogP contribution in [0.15, 0.2) is 42.5 Å². The number of rotatable bonds is 8. The highest BCUT2D eigenvalue weighted by atomic mass is 16.2. The van der Waals surface area contributed by atoms with Crippen LogP contribution in [0.4, 0.5) is 5.69 Å². The molecule has 24 heavy (non-hydrogen) atoms. The van der Waals surface area contributed by atoms with E-state index in [0.29, 0.717) is 6.42 Å². The number of allylic oxidation sites excluding steroid dienone is 1. The van der Waals surface area contributed by atoms with Gasteiger partial charge < -0.3 is 9.80 Å². The van der Waals surface area contributed by atoms with Gasteiger partial charge in [0.2, 0.25) is 5.91 Å². The predicted octanol–water partition coefficient (Wildman–Crippen LogP) is 3.01. The minimum atomic E-state index is 0.265. The number of carbonyl (C=O) groups excluding carboxylic acids is 1. The van der Waals surface area contributed by atoms with Crippen LogP contribution in [0.3, 0.4) is 0 Å². The molecule has 0 spiro atoms. The topological polar surface area (TPSA) is 26.8 Å². The van der Waals surface area contributed by atoms with Gasteiger partial charge in [-0.05, 0) is 32.4 Å². The second-order valence-corrected chi connectivity index (χ2v) is 6.20. The SMILES string of the molecule is CCN(CC)C(=O)CC/C=C/CN1CCN(c2ccccc2)CC1. The summed E-state index contributed by atoms with van der Waals surface area (Å²) in [5, 5.41) is 0. The molecule has 132 valence electrons. The second-order valence-electron chi connectivity index (χ2n) is 6.20. The molecule has 0 radical (unpaired) electrons. The smallest absolute Gasteiger partial charge is 0.222 e. The third kappa shape index (κ3) is 5.68. The average Bonchev–Trinajstić information content (AvgIpc) is 2.64. The number of hydrogen-bond donors (Lipinski definition) is 0. The molecule has 1 aromatic rings. The number of hydrogen-bond acceptors (Lipinski definition) is 3. The summed E-state index contributed by atoms with van der Waals surface area (Å²) in [7, 11) is 0. The van der Waals surface area contributed by atoms with Crippen LogP contribution in [-0.2, 0) is 4.79 Å². The molecule has 2 rings (SSSR count). The maximum Gasteiger partial charge on any atom is 0.222 e. The molecule has 0 aliphatic carbocycles. The van der Waals surface area contributed by atoms with E-state index in [2.05, 4.69) is 52.3 Å². The maximum atomic E-state index is 11.9. The molecule has 1 fully saturated rings. The van der Waals surface area contributed by atoms with Gasteiger partial charge in [-0.3, -0.25) is 9.69 Å². The number of carbonyl (C=O) groups is 1. The molecule has 1 heterocycles. The van der Waals surface area contributed by atoms with Crippen LogP contribution in [0, 0.1) is 0 Å². The van der Waals surface area contributed by atoms with Crippen molar-refractivity contribution in [3.05, 3.63) is 42.5 Å². The molecule has 1 aliphatic rings. The average molecular weight is 329 g/mol.